The average molecular weight is 313 g/mol. The van der Waals surface area contributed by atoms with E-state index in [4.69, 9.17) is 0 Å². The van der Waals surface area contributed by atoms with Crippen molar-refractivity contribution in [2.45, 2.75) is 19.4 Å². The minimum Gasteiger partial charge on any atom is -0.480 e. The molecule has 0 aliphatic carbocycles. The van der Waals surface area contributed by atoms with Crippen LogP contribution in [0, 0.1) is 5.92 Å². The molecular weight excluding hydrogens is 300 g/mol. The van der Waals surface area contributed by atoms with Crippen molar-refractivity contribution in [3.05, 3.63) is 28.5 Å². The van der Waals surface area contributed by atoms with Crippen molar-refractivity contribution >= 4 is 27.8 Å². The Hall–Kier alpha value is -1.43. The van der Waals surface area contributed by atoms with Crippen molar-refractivity contribution in [2.24, 2.45) is 5.92 Å². The second-order valence-corrected chi connectivity index (χ2v) is 5.14. The van der Waals surface area contributed by atoms with Crippen LogP contribution >= 0.6 is 15.9 Å². The molecule has 0 aromatic carbocycles. The van der Waals surface area contributed by atoms with Gasteiger partial charge in [-0.2, -0.15) is 0 Å². The molecule has 1 aromatic rings. The number of nitrogens with zero attached hydrogens (tertiary/aromatic N) is 2. The van der Waals surface area contributed by atoms with Gasteiger partial charge < -0.3 is 10.0 Å². The summed E-state index contributed by atoms with van der Waals surface area (Å²) >= 11 is 3.21. The standard InChI is InChI=1S/C12H13BrN2O3/c1-7-4-6-15(9(7)12(17)18)11(16)8-3-2-5-14-10(8)13/h2-3,5,7,9H,4,6H2,1H3,(H,17,18). The first-order valence-electron chi connectivity index (χ1n) is 5.66. The smallest absolute Gasteiger partial charge is 0.326 e. The number of halogens is 1. The van der Waals surface area contributed by atoms with E-state index in [1.807, 2.05) is 6.92 Å². The number of carbonyl (C=O) groups excluding carboxylic acids is 1. The molecule has 2 unspecified atom stereocenters. The SMILES string of the molecule is CC1CCN(C(=O)c2cccnc2Br)C1C(=O)O. The maximum atomic E-state index is 12.3. The van der Waals surface area contributed by atoms with Gasteiger partial charge in [0, 0.05) is 12.7 Å². The van der Waals surface area contributed by atoms with E-state index in [2.05, 4.69) is 20.9 Å². The molecule has 1 fully saturated rings. The molecule has 2 rings (SSSR count). The number of pyridine rings is 1. The monoisotopic (exact) mass is 312 g/mol. The summed E-state index contributed by atoms with van der Waals surface area (Å²) in [7, 11) is 0. The Morgan fingerprint density at radius 3 is 2.89 bits per heavy atom. The number of aromatic nitrogens is 1. The molecule has 1 amide bonds. The van der Waals surface area contributed by atoms with E-state index in [-0.39, 0.29) is 11.8 Å². The number of rotatable bonds is 2. The van der Waals surface area contributed by atoms with Gasteiger partial charge in [0.25, 0.3) is 5.91 Å². The third-order valence-electron chi connectivity index (χ3n) is 3.20. The summed E-state index contributed by atoms with van der Waals surface area (Å²) < 4.78 is 0.443. The molecule has 0 spiro atoms. The summed E-state index contributed by atoms with van der Waals surface area (Å²) in [4.78, 5) is 28.9. The zero-order valence-corrected chi connectivity index (χ0v) is 11.4. The lowest BCUT2D eigenvalue weighted by Crippen LogP contribution is -2.42. The van der Waals surface area contributed by atoms with Crippen LogP contribution < -0.4 is 0 Å². The van der Waals surface area contributed by atoms with E-state index in [9.17, 15) is 14.7 Å². The summed E-state index contributed by atoms with van der Waals surface area (Å²) in [6.07, 6.45) is 2.28. The van der Waals surface area contributed by atoms with Gasteiger partial charge >= 0.3 is 5.97 Å². The van der Waals surface area contributed by atoms with Crippen LogP contribution in [0.4, 0.5) is 0 Å². The van der Waals surface area contributed by atoms with E-state index in [1.165, 1.54) is 4.90 Å². The lowest BCUT2D eigenvalue weighted by molar-refractivity contribution is -0.142. The summed E-state index contributed by atoms with van der Waals surface area (Å²) in [5.41, 5.74) is 0.401. The number of carboxylic acid groups (broad SMARTS) is 1. The highest BCUT2D eigenvalue weighted by atomic mass is 79.9. The molecule has 2 atom stereocenters. The fourth-order valence-electron chi connectivity index (χ4n) is 2.25. The van der Waals surface area contributed by atoms with Crippen molar-refractivity contribution in [3.8, 4) is 0 Å². The van der Waals surface area contributed by atoms with Crippen LogP contribution in [0.5, 0.6) is 0 Å². The Morgan fingerprint density at radius 2 is 2.28 bits per heavy atom. The lowest BCUT2D eigenvalue weighted by Gasteiger charge is -2.23. The van der Waals surface area contributed by atoms with Gasteiger partial charge in [-0.25, -0.2) is 9.78 Å². The Morgan fingerprint density at radius 1 is 1.56 bits per heavy atom. The van der Waals surface area contributed by atoms with E-state index >= 15 is 0 Å². The number of amides is 1. The highest BCUT2D eigenvalue weighted by molar-refractivity contribution is 9.10. The van der Waals surface area contributed by atoms with Gasteiger partial charge in [-0.15, -0.1) is 0 Å². The van der Waals surface area contributed by atoms with Crippen LogP contribution in [0.1, 0.15) is 23.7 Å². The van der Waals surface area contributed by atoms with Crippen LogP contribution in [-0.2, 0) is 4.79 Å². The average Bonchev–Trinajstić information content (AvgIpc) is 2.71. The van der Waals surface area contributed by atoms with Gasteiger partial charge in [0.1, 0.15) is 10.6 Å². The fraction of sp³-hybridized carbons (Fsp3) is 0.417. The minimum absolute atomic E-state index is 0.0260. The summed E-state index contributed by atoms with van der Waals surface area (Å²) in [5.74, 6) is -1.26. The van der Waals surface area contributed by atoms with Crippen molar-refractivity contribution in [3.63, 3.8) is 0 Å². The molecular formula is C12H13BrN2O3. The maximum absolute atomic E-state index is 12.3. The predicted octanol–water partition coefficient (Wildman–Crippen LogP) is 1.78. The first-order chi connectivity index (χ1) is 8.52. The van der Waals surface area contributed by atoms with Crippen LogP contribution in [0.15, 0.2) is 22.9 Å². The molecule has 1 N–H and O–H groups in total. The van der Waals surface area contributed by atoms with Gasteiger partial charge in [0.2, 0.25) is 0 Å². The number of carboxylic acids is 1. The van der Waals surface area contributed by atoms with Crippen molar-refractivity contribution in [1.29, 1.82) is 0 Å². The number of hydrogen-bond acceptors (Lipinski definition) is 3. The summed E-state index contributed by atoms with van der Waals surface area (Å²) in [6, 6.07) is 2.55. The van der Waals surface area contributed by atoms with Gasteiger partial charge in [-0.1, -0.05) is 6.92 Å². The molecule has 1 saturated heterocycles. The predicted molar refractivity (Wildman–Crippen MR) is 68.2 cm³/mol. The topological polar surface area (TPSA) is 70.5 Å². The van der Waals surface area contributed by atoms with E-state index in [0.717, 1.165) is 0 Å². The highest BCUT2D eigenvalue weighted by Crippen LogP contribution is 2.27. The van der Waals surface area contributed by atoms with Crippen LogP contribution in [0.3, 0.4) is 0 Å². The van der Waals surface area contributed by atoms with Crippen LogP contribution in [0.25, 0.3) is 0 Å². The minimum atomic E-state index is -0.951. The van der Waals surface area contributed by atoms with E-state index in [1.54, 1.807) is 18.3 Å². The molecule has 1 aliphatic rings. The van der Waals surface area contributed by atoms with Crippen molar-refractivity contribution < 1.29 is 14.7 Å². The summed E-state index contributed by atoms with van der Waals surface area (Å²) in [5, 5.41) is 9.20. The van der Waals surface area contributed by atoms with Crippen molar-refractivity contribution in [2.75, 3.05) is 6.54 Å². The van der Waals surface area contributed by atoms with Crippen LogP contribution in [0.2, 0.25) is 0 Å². The molecule has 0 bridgehead atoms. The van der Waals surface area contributed by atoms with Gasteiger partial charge in [-0.3, -0.25) is 4.79 Å². The fourth-order valence-corrected chi connectivity index (χ4v) is 2.67. The zero-order valence-electron chi connectivity index (χ0n) is 9.84. The number of hydrogen-bond donors (Lipinski definition) is 1. The van der Waals surface area contributed by atoms with Gasteiger partial charge in [0.05, 0.1) is 5.56 Å². The molecule has 0 saturated carbocycles. The quantitative estimate of drug-likeness (QED) is 0.845. The largest absolute Gasteiger partial charge is 0.480 e. The van der Waals surface area contributed by atoms with Crippen molar-refractivity contribution in [1.82, 2.24) is 9.88 Å². The molecule has 1 aromatic heterocycles. The molecule has 5 nitrogen and oxygen atoms in total. The summed E-state index contributed by atoms with van der Waals surface area (Å²) in [6.45, 7) is 2.32. The molecule has 1 aliphatic heterocycles. The van der Waals surface area contributed by atoms with Gasteiger partial charge in [0.15, 0.2) is 0 Å². The van der Waals surface area contributed by atoms with Gasteiger partial charge in [-0.05, 0) is 40.4 Å². The second-order valence-electron chi connectivity index (χ2n) is 4.39. The zero-order chi connectivity index (χ0) is 13.3. The Balaban J connectivity index is 2.29. The Kier molecular flexibility index (Phi) is 3.65. The molecule has 0 radical (unpaired) electrons. The third-order valence-corrected chi connectivity index (χ3v) is 3.84. The molecule has 96 valence electrons. The number of aliphatic carboxylic acids is 1. The molecule has 2 heterocycles. The first-order valence-corrected chi connectivity index (χ1v) is 6.46. The van der Waals surface area contributed by atoms with E-state index < -0.39 is 12.0 Å². The van der Waals surface area contributed by atoms with Crippen LogP contribution in [-0.4, -0.2) is 39.5 Å². The lowest BCUT2D eigenvalue weighted by atomic mass is 10.0. The number of carbonyl (C=O) groups is 2. The molecule has 6 heteroatoms. The number of likely N-dealkylation sites (tertiary alicyclic amines) is 1. The van der Waals surface area contributed by atoms with E-state index in [0.29, 0.717) is 23.1 Å². The Labute approximate surface area is 113 Å². The molecule has 18 heavy (non-hydrogen) atoms. The first kappa shape index (κ1) is 13.0. The maximum Gasteiger partial charge on any atom is 0.326 e. The second kappa shape index (κ2) is 5.06. The highest BCUT2D eigenvalue weighted by Gasteiger charge is 2.40. The third kappa shape index (κ3) is 2.25. The normalized spacial score (nSPS) is 23.1. The Bertz CT molecular complexity index is 492.